The molecule has 13 heavy (non-hydrogen) atoms. The van der Waals surface area contributed by atoms with E-state index in [1.54, 1.807) is 6.07 Å². The van der Waals surface area contributed by atoms with E-state index in [-0.39, 0.29) is 5.69 Å². The third-order valence-corrected chi connectivity index (χ3v) is 3.17. The molecule has 0 aliphatic rings. The van der Waals surface area contributed by atoms with Crippen molar-refractivity contribution in [1.82, 2.24) is 0 Å². The van der Waals surface area contributed by atoms with Crippen LogP contribution >= 0.6 is 38.5 Å². The Morgan fingerprint density at radius 1 is 1.62 bits per heavy atom. The van der Waals surface area contributed by atoms with Crippen LogP contribution in [0.15, 0.2) is 16.6 Å². The first-order valence-electron chi connectivity index (χ1n) is 3.38. The van der Waals surface area contributed by atoms with Crippen molar-refractivity contribution in [2.75, 3.05) is 0 Å². The van der Waals surface area contributed by atoms with Crippen molar-refractivity contribution in [1.29, 1.82) is 0 Å². The molecule has 0 spiro atoms. The number of nitro benzene ring substituents is 1. The Hall–Kier alpha value is -0.210. The van der Waals surface area contributed by atoms with Gasteiger partial charge >= 0.3 is 0 Å². The SMILES string of the molecule is NCc1cc([N+](=O)[O-])c(Br)cc1I. The summed E-state index contributed by atoms with van der Waals surface area (Å²) in [7, 11) is 0. The van der Waals surface area contributed by atoms with Crippen molar-refractivity contribution >= 4 is 44.2 Å². The van der Waals surface area contributed by atoms with E-state index < -0.39 is 4.92 Å². The van der Waals surface area contributed by atoms with Crippen LogP contribution in [0.1, 0.15) is 5.56 Å². The van der Waals surface area contributed by atoms with Gasteiger partial charge in [-0.25, -0.2) is 0 Å². The molecular formula is C7H6BrIN2O2. The van der Waals surface area contributed by atoms with E-state index in [9.17, 15) is 10.1 Å². The average molecular weight is 357 g/mol. The van der Waals surface area contributed by atoms with Gasteiger partial charge in [-0.05, 0) is 50.2 Å². The van der Waals surface area contributed by atoms with Crippen LogP contribution in [0.5, 0.6) is 0 Å². The average Bonchev–Trinajstić information content (AvgIpc) is 2.03. The van der Waals surface area contributed by atoms with Crippen LogP contribution < -0.4 is 5.73 Å². The molecular weight excluding hydrogens is 351 g/mol. The van der Waals surface area contributed by atoms with Gasteiger partial charge in [-0.1, -0.05) is 0 Å². The number of nitrogens with zero attached hydrogens (tertiary/aromatic N) is 1. The van der Waals surface area contributed by atoms with Crippen molar-refractivity contribution in [3.63, 3.8) is 0 Å². The van der Waals surface area contributed by atoms with Gasteiger partial charge in [-0.2, -0.15) is 0 Å². The highest BCUT2D eigenvalue weighted by molar-refractivity contribution is 14.1. The minimum absolute atomic E-state index is 0.0564. The minimum atomic E-state index is -0.431. The second-order valence-corrected chi connectivity index (χ2v) is 4.37. The number of hydrogen-bond acceptors (Lipinski definition) is 3. The van der Waals surface area contributed by atoms with Gasteiger partial charge in [0.15, 0.2) is 0 Å². The molecule has 1 aromatic rings. The topological polar surface area (TPSA) is 69.2 Å². The molecule has 1 rings (SSSR count). The van der Waals surface area contributed by atoms with E-state index in [2.05, 4.69) is 38.5 Å². The Labute approximate surface area is 96.9 Å². The molecule has 0 aliphatic carbocycles. The summed E-state index contributed by atoms with van der Waals surface area (Å²) in [5, 5.41) is 10.5. The molecule has 0 aliphatic heterocycles. The van der Waals surface area contributed by atoms with E-state index in [0.717, 1.165) is 9.13 Å². The maximum atomic E-state index is 10.5. The highest BCUT2D eigenvalue weighted by Crippen LogP contribution is 2.28. The van der Waals surface area contributed by atoms with E-state index in [0.29, 0.717) is 11.0 Å². The largest absolute Gasteiger partial charge is 0.326 e. The molecule has 70 valence electrons. The summed E-state index contributed by atoms with van der Waals surface area (Å²) in [6.45, 7) is 0.312. The molecule has 0 amide bonds. The predicted octanol–water partition coefficient (Wildman–Crippen LogP) is 2.42. The number of hydrogen-bond donors (Lipinski definition) is 1. The minimum Gasteiger partial charge on any atom is -0.326 e. The maximum absolute atomic E-state index is 10.5. The van der Waals surface area contributed by atoms with Crippen molar-refractivity contribution in [3.8, 4) is 0 Å². The lowest BCUT2D eigenvalue weighted by Crippen LogP contribution is -2.01. The summed E-state index contributed by atoms with van der Waals surface area (Å²) < 4.78 is 1.41. The highest BCUT2D eigenvalue weighted by Gasteiger charge is 2.14. The Morgan fingerprint density at radius 2 is 2.23 bits per heavy atom. The van der Waals surface area contributed by atoms with Gasteiger partial charge in [-0.3, -0.25) is 10.1 Å². The van der Waals surface area contributed by atoms with Crippen molar-refractivity contribution in [3.05, 3.63) is 35.9 Å². The monoisotopic (exact) mass is 356 g/mol. The van der Waals surface area contributed by atoms with Crippen LogP contribution in [0.4, 0.5) is 5.69 Å². The molecule has 0 atom stereocenters. The summed E-state index contributed by atoms with van der Waals surface area (Å²) >= 11 is 5.22. The van der Waals surface area contributed by atoms with Gasteiger partial charge in [0.2, 0.25) is 0 Å². The standard InChI is InChI=1S/C7H6BrIN2O2/c8-5-2-6(9)4(3-10)1-7(5)11(12)13/h1-2H,3,10H2. The van der Waals surface area contributed by atoms with Crippen LogP contribution in [0.3, 0.4) is 0 Å². The number of rotatable bonds is 2. The fraction of sp³-hybridized carbons (Fsp3) is 0.143. The van der Waals surface area contributed by atoms with Gasteiger partial charge in [0, 0.05) is 16.2 Å². The lowest BCUT2D eigenvalue weighted by atomic mass is 10.2. The molecule has 6 heteroatoms. The Kier molecular flexibility index (Phi) is 3.63. The molecule has 0 bridgehead atoms. The summed E-state index contributed by atoms with van der Waals surface area (Å²) in [5.41, 5.74) is 6.27. The van der Waals surface area contributed by atoms with Gasteiger partial charge in [0.1, 0.15) is 0 Å². The molecule has 0 heterocycles. The molecule has 2 N–H and O–H groups in total. The van der Waals surface area contributed by atoms with E-state index in [4.69, 9.17) is 5.73 Å². The number of nitro groups is 1. The highest BCUT2D eigenvalue weighted by atomic mass is 127. The molecule has 4 nitrogen and oxygen atoms in total. The second kappa shape index (κ2) is 4.34. The first-order valence-corrected chi connectivity index (χ1v) is 5.25. The van der Waals surface area contributed by atoms with Gasteiger partial charge in [-0.15, -0.1) is 0 Å². The molecule has 0 fully saturated rings. The number of halogens is 2. The second-order valence-electron chi connectivity index (χ2n) is 2.36. The lowest BCUT2D eigenvalue weighted by Gasteiger charge is -2.02. The molecule has 0 saturated carbocycles. The summed E-state index contributed by atoms with van der Waals surface area (Å²) in [6, 6.07) is 3.19. The maximum Gasteiger partial charge on any atom is 0.283 e. The van der Waals surface area contributed by atoms with Gasteiger partial charge in [0.25, 0.3) is 5.69 Å². The zero-order valence-corrected chi connectivity index (χ0v) is 10.2. The Balaban J connectivity index is 3.30. The van der Waals surface area contributed by atoms with Crippen molar-refractivity contribution in [2.24, 2.45) is 5.73 Å². The third-order valence-electron chi connectivity index (χ3n) is 1.53. The van der Waals surface area contributed by atoms with Gasteiger partial charge in [0.05, 0.1) is 9.40 Å². The number of nitrogens with two attached hydrogens (primary N) is 1. The normalized spacial score (nSPS) is 10.1. The van der Waals surface area contributed by atoms with Crippen molar-refractivity contribution < 1.29 is 4.92 Å². The van der Waals surface area contributed by atoms with Crippen LogP contribution in [0, 0.1) is 13.7 Å². The van der Waals surface area contributed by atoms with E-state index >= 15 is 0 Å². The summed E-state index contributed by atoms with van der Waals surface area (Å²) in [4.78, 5) is 10.1. The Morgan fingerprint density at radius 3 is 2.69 bits per heavy atom. The zero-order valence-electron chi connectivity index (χ0n) is 6.46. The van der Waals surface area contributed by atoms with E-state index in [1.807, 2.05) is 0 Å². The smallest absolute Gasteiger partial charge is 0.283 e. The van der Waals surface area contributed by atoms with Crippen LogP contribution in [-0.4, -0.2) is 4.92 Å². The quantitative estimate of drug-likeness (QED) is 0.502. The van der Waals surface area contributed by atoms with Gasteiger partial charge < -0.3 is 5.73 Å². The van der Waals surface area contributed by atoms with E-state index in [1.165, 1.54) is 6.07 Å². The zero-order chi connectivity index (χ0) is 10.0. The third kappa shape index (κ3) is 2.38. The first kappa shape index (κ1) is 10.9. The van der Waals surface area contributed by atoms with Crippen LogP contribution in [0.2, 0.25) is 0 Å². The van der Waals surface area contributed by atoms with Crippen LogP contribution in [0.25, 0.3) is 0 Å². The fourth-order valence-corrected chi connectivity index (χ4v) is 2.48. The molecule has 0 unspecified atom stereocenters. The fourth-order valence-electron chi connectivity index (χ4n) is 0.877. The molecule has 0 saturated heterocycles. The molecule has 0 aromatic heterocycles. The molecule has 0 radical (unpaired) electrons. The lowest BCUT2D eigenvalue weighted by molar-refractivity contribution is -0.385. The number of benzene rings is 1. The summed E-state index contributed by atoms with van der Waals surface area (Å²) in [6.07, 6.45) is 0. The van der Waals surface area contributed by atoms with Crippen LogP contribution in [-0.2, 0) is 6.54 Å². The van der Waals surface area contributed by atoms with Crippen molar-refractivity contribution in [2.45, 2.75) is 6.54 Å². The molecule has 1 aromatic carbocycles. The first-order chi connectivity index (χ1) is 6.06. The predicted molar refractivity (Wildman–Crippen MR) is 61.4 cm³/mol. The summed E-state index contributed by atoms with van der Waals surface area (Å²) in [5.74, 6) is 0. The Bertz CT molecular complexity index is 357.